The number of methoxy groups -OCH3 is 2. The first-order valence-corrected chi connectivity index (χ1v) is 10.6. The second-order valence-corrected chi connectivity index (χ2v) is 7.67. The van der Waals surface area contributed by atoms with Crippen LogP contribution in [-0.2, 0) is 22.6 Å². The van der Waals surface area contributed by atoms with Gasteiger partial charge in [0.15, 0.2) is 11.5 Å². The third-order valence-electron chi connectivity index (χ3n) is 5.45. The van der Waals surface area contributed by atoms with Crippen molar-refractivity contribution in [1.29, 1.82) is 0 Å². The van der Waals surface area contributed by atoms with Gasteiger partial charge in [-0.2, -0.15) is 0 Å². The van der Waals surface area contributed by atoms with Crippen LogP contribution in [0.4, 0.5) is 0 Å². The predicted octanol–water partition coefficient (Wildman–Crippen LogP) is 3.82. The first-order chi connectivity index (χ1) is 14.8. The third kappa shape index (κ3) is 6.77. The third-order valence-corrected chi connectivity index (χ3v) is 5.45. The molecule has 0 N–H and O–H groups in total. The van der Waals surface area contributed by atoms with Gasteiger partial charge in [0.1, 0.15) is 11.5 Å². The van der Waals surface area contributed by atoms with Crippen molar-refractivity contribution in [1.82, 2.24) is 9.80 Å². The van der Waals surface area contributed by atoms with E-state index in [0.29, 0.717) is 31.0 Å². The van der Waals surface area contributed by atoms with E-state index in [2.05, 4.69) is 0 Å². The van der Waals surface area contributed by atoms with Crippen LogP contribution in [0.15, 0.2) is 34.7 Å². The van der Waals surface area contributed by atoms with Crippen molar-refractivity contribution < 1.29 is 23.5 Å². The molecule has 31 heavy (non-hydrogen) atoms. The maximum atomic E-state index is 13.2. The largest absolute Gasteiger partial charge is 0.493 e. The van der Waals surface area contributed by atoms with Gasteiger partial charge >= 0.3 is 0 Å². The van der Waals surface area contributed by atoms with Crippen molar-refractivity contribution >= 4 is 11.8 Å². The molecule has 0 fully saturated rings. The van der Waals surface area contributed by atoms with E-state index in [1.54, 1.807) is 24.0 Å². The second kappa shape index (κ2) is 11.4. The van der Waals surface area contributed by atoms with Gasteiger partial charge in [0.2, 0.25) is 11.8 Å². The molecule has 0 unspecified atom stereocenters. The summed E-state index contributed by atoms with van der Waals surface area (Å²) in [5.41, 5.74) is 1.02. The van der Waals surface area contributed by atoms with Crippen molar-refractivity contribution in [2.45, 2.75) is 53.1 Å². The van der Waals surface area contributed by atoms with Crippen LogP contribution in [0, 0.1) is 6.92 Å². The molecule has 0 aliphatic heterocycles. The van der Waals surface area contributed by atoms with E-state index < -0.39 is 0 Å². The Labute approximate surface area is 184 Å². The summed E-state index contributed by atoms with van der Waals surface area (Å²) in [6, 6.07) is 9.50. The zero-order chi connectivity index (χ0) is 23.0. The lowest BCUT2D eigenvalue weighted by Crippen LogP contribution is -2.46. The monoisotopic (exact) mass is 430 g/mol. The molecule has 1 aromatic heterocycles. The predicted molar refractivity (Wildman–Crippen MR) is 119 cm³/mol. The number of hydrogen-bond acceptors (Lipinski definition) is 5. The zero-order valence-corrected chi connectivity index (χ0v) is 19.4. The molecule has 2 amide bonds. The Kier molecular flexibility index (Phi) is 8.97. The Morgan fingerprint density at radius 2 is 1.81 bits per heavy atom. The van der Waals surface area contributed by atoms with Gasteiger partial charge in [0, 0.05) is 19.5 Å². The summed E-state index contributed by atoms with van der Waals surface area (Å²) in [4.78, 5) is 28.6. The number of furan rings is 1. The Balaban J connectivity index is 2.18. The van der Waals surface area contributed by atoms with Crippen molar-refractivity contribution in [2.75, 3.05) is 27.3 Å². The molecule has 0 spiro atoms. The Morgan fingerprint density at radius 1 is 1.10 bits per heavy atom. The van der Waals surface area contributed by atoms with E-state index in [9.17, 15) is 9.59 Å². The van der Waals surface area contributed by atoms with Gasteiger partial charge in [-0.1, -0.05) is 13.0 Å². The van der Waals surface area contributed by atoms with Crippen LogP contribution in [0.3, 0.4) is 0 Å². The molecule has 0 aliphatic rings. The number of amides is 2. The van der Waals surface area contributed by atoms with Crippen molar-refractivity contribution in [3.63, 3.8) is 0 Å². The Bertz CT molecular complexity index is 877. The van der Waals surface area contributed by atoms with E-state index in [4.69, 9.17) is 13.9 Å². The van der Waals surface area contributed by atoms with Crippen molar-refractivity contribution in [2.24, 2.45) is 0 Å². The number of nitrogens with zero attached hydrogens (tertiary/aromatic N) is 2. The smallest absolute Gasteiger partial charge is 0.242 e. The van der Waals surface area contributed by atoms with Gasteiger partial charge in [-0.25, -0.2) is 0 Å². The average Bonchev–Trinajstić information content (AvgIpc) is 3.18. The maximum absolute atomic E-state index is 13.2. The van der Waals surface area contributed by atoms with Gasteiger partial charge in [-0.15, -0.1) is 0 Å². The number of ether oxygens (including phenoxy) is 2. The van der Waals surface area contributed by atoms with E-state index in [0.717, 1.165) is 23.5 Å². The summed E-state index contributed by atoms with van der Waals surface area (Å²) in [5.74, 6) is 2.62. The standard InChI is InChI=1S/C24H34N2O5/c1-7-17(2)26(19(4)27)16-24(28)25(15-21-10-8-18(3)31-21)13-12-20-9-11-22(29-5)23(14-20)30-6/h8-11,14,17H,7,12-13,15-16H2,1-6H3/t17-/m0/s1. The lowest BCUT2D eigenvalue weighted by Gasteiger charge is -2.30. The molecule has 1 atom stereocenters. The second-order valence-electron chi connectivity index (χ2n) is 7.67. The summed E-state index contributed by atoms with van der Waals surface area (Å²) < 4.78 is 16.4. The van der Waals surface area contributed by atoms with E-state index in [-0.39, 0.29) is 24.4 Å². The maximum Gasteiger partial charge on any atom is 0.242 e. The summed E-state index contributed by atoms with van der Waals surface area (Å²) >= 11 is 0. The van der Waals surface area contributed by atoms with E-state index >= 15 is 0 Å². The van der Waals surface area contributed by atoms with Crippen LogP contribution < -0.4 is 9.47 Å². The first-order valence-electron chi connectivity index (χ1n) is 10.6. The van der Waals surface area contributed by atoms with Gasteiger partial charge < -0.3 is 23.7 Å². The molecule has 7 heteroatoms. The van der Waals surface area contributed by atoms with Crippen LogP contribution in [0.25, 0.3) is 0 Å². The number of carbonyl (C=O) groups excluding carboxylic acids is 2. The molecule has 1 aromatic carbocycles. The fraction of sp³-hybridized carbons (Fsp3) is 0.500. The Morgan fingerprint density at radius 3 is 2.35 bits per heavy atom. The molecule has 2 aromatic rings. The Hall–Kier alpha value is -2.96. The minimum Gasteiger partial charge on any atom is -0.493 e. The SMILES string of the molecule is CC[C@H](C)N(CC(=O)N(CCc1ccc(OC)c(OC)c1)Cc1ccc(C)o1)C(C)=O. The van der Waals surface area contributed by atoms with E-state index in [1.807, 2.05) is 51.1 Å². The number of aryl methyl sites for hydroxylation is 1. The van der Waals surface area contributed by atoms with Crippen LogP contribution >= 0.6 is 0 Å². The summed E-state index contributed by atoms with van der Waals surface area (Å²) in [5, 5.41) is 0. The molecular formula is C24H34N2O5. The van der Waals surface area contributed by atoms with Crippen LogP contribution in [0.1, 0.15) is 44.3 Å². The van der Waals surface area contributed by atoms with Gasteiger partial charge in [0.05, 0.1) is 27.3 Å². The fourth-order valence-corrected chi connectivity index (χ4v) is 3.39. The van der Waals surface area contributed by atoms with Crippen molar-refractivity contribution in [3.8, 4) is 11.5 Å². The normalized spacial score (nSPS) is 11.7. The highest BCUT2D eigenvalue weighted by Crippen LogP contribution is 2.27. The fourth-order valence-electron chi connectivity index (χ4n) is 3.39. The molecule has 7 nitrogen and oxygen atoms in total. The number of hydrogen-bond donors (Lipinski definition) is 0. The van der Waals surface area contributed by atoms with Gasteiger partial charge in [0.25, 0.3) is 0 Å². The molecule has 0 aliphatic carbocycles. The minimum absolute atomic E-state index is 0.00000609. The molecule has 0 radical (unpaired) electrons. The number of benzene rings is 1. The highest BCUT2D eigenvalue weighted by atomic mass is 16.5. The topological polar surface area (TPSA) is 72.2 Å². The van der Waals surface area contributed by atoms with Crippen LogP contribution in [0.5, 0.6) is 11.5 Å². The first kappa shape index (κ1) is 24.3. The van der Waals surface area contributed by atoms with Crippen molar-refractivity contribution in [3.05, 3.63) is 47.4 Å². The molecule has 170 valence electrons. The van der Waals surface area contributed by atoms with Gasteiger partial charge in [-0.3, -0.25) is 9.59 Å². The molecule has 0 saturated carbocycles. The number of carbonyl (C=O) groups is 2. The van der Waals surface area contributed by atoms with E-state index in [1.165, 1.54) is 6.92 Å². The minimum atomic E-state index is -0.106. The molecule has 1 heterocycles. The summed E-state index contributed by atoms with van der Waals surface area (Å²) in [7, 11) is 3.20. The van der Waals surface area contributed by atoms with Gasteiger partial charge in [-0.05, 0) is 56.5 Å². The summed E-state index contributed by atoms with van der Waals surface area (Å²) in [6.07, 6.45) is 1.42. The lowest BCUT2D eigenvalue weighted by atomic mass is 10.1. The molecule has 2 rings (SSSR count). The highest BCUT2D eigenvalue weighted by molar-refractivity contribution is 5.84. The van der Waals surface area contributed by atoms with Crippen LogP contribution in [0.2, 0.25) is 0 Å². The molecule has 0 saturated heterocycles. The quantitative estimate of drug-likeness (QED) is 0.542. The lowest BCUT2D eigenvalue weighted by molar-refractivity contribution is -0.141. The highest BCUT2D eigenvalue weighted by Gasteiger charge is 2.23. The molecule has 0 bridgehead atoms. The summed E-state index contributed by atoms with van der Waals surface area (Å²) in [6.45, 7) is 8.23. The number of rotatable bonds is 11. The zero-order valence-electron chi connectivity index (χ0n) is 19.4. The molecular weight excluding hydrogens is 396 g/mol. The average molecular weight is 431 g/mol. The van der Waals surface area contributed by atoms with Crippen LogP contribution in [-0.4, -0.2) is 55.0 Å².